The van der Waals surface area contributed by atoms with E-state index in [-0.39, 0.29) is 21.9 Å². The van der Waals surface area contributed by atoms with Crippen LogP contribution in [0.2, 0.25) is 0 Å². The van der Waals surface area contributed by atoms with Gasteiger partial charge in [-0.1, -0.05) is 115 Å². The van der Waals surface area contributed by atoms with Crippen LogP contribution in [0.5, 0.6) is 0 Å². The molecule has 1 unspecified atom stereocenters. The molecule has 1 aromatic carbocycles. The molecule has 3 N–H and O–H groups in total. The molecular formula is C26H44N4O5S3. The van der Waals surface area contributed by atoms with Crippen molar-refractivity contribution in [1.82, 2.24) is 14.9 Å². The van der Waals surface area contributed by atoms with Crippen LogP contribution in [0.4, 0.5) is 0 Å². The molecule has 0 aliphatic heterocycles. The second-order valence-electron chi connectivity index (χ2n) is 10.0. The maximum absolute atomic E-state index is 12.9. The van der Waals surface area contributed by atoms with E-state index >= 15 is 0 Å². The highest BCUT2D eigenvalue weighted by Gasteiger charge is 2.31. The van der Waals surface area contributed by atoms with Gasteiger partial charge in [-0.3, -0.25) is 9.65 Å². The van der Waals surface area contributed by atoms with E-state index in [0.29, 0.717) is 6.42 Å². The van der Waals surface area contributed by atoms with Crippen molar-refractivity contribution in [3.8, 4) is 0 Å². The zero-order valence-electron chi connectivity index (χ0n) is 22.7. The Bertz CT molecular complexity index is 1220. The van der Waals surface area contributed by atoms with Crippen molar-refractivity contribution in [2.75, 3.05) is 4.83 Å². The number of rotatable bonds is 20. The number of H-pyrrole nitrogens is 1. The second kappa shape index (κ2) is 16.4. The average Bonchev–Trinajstić information content (AvgIpc) is 3.20. The molecule has 0 radical (unpaired) electrons. The smallest absolute Gasteiger partial charge is 0.275 e. The first-order valence-corrected chi connectivity index (χ1v) is 17.2. The molecule has 1 atom stereocenters. The molecular weight excluding hydrogens is 545 g/mol. The molecule has 0 saturated heterocycles. The van der Waals surface area contributed by atoms with E-state index in [1.165, 1.54) is 69.9 Å². The fourth-order valence-corrected chi connectivity index (χ4v) is 6.60. The van der Waals surface area contributed by atoms with Crippen LogP contribution in [0.1, 0.15) is 120 Å². The summed E-state index contributed by atoms with van der Waals surface area (Å²) in [5, 5.41) is 4.97. The van der Waals surface area contributed by atoms with E-state index < -0.39 is 25.4 Å². The Hall–Kier alpha value is -1.76. The van der Waals surface area contributed by atoms with Crippen LogP contribution in [0.15, 0.2) is 29.2 Å². The van der Waals surface area contributed by atoms with Crippen LogP contribution in [0.3, 0.4) is 0 Å². The summed E-state index contributed by atoms with van der Waals surface area (Å²) < 4.78 is 60.8. The van der Waals surface area contributed by atoms with Gasteiger partial charge in [0.05, 0.1) is 4.90 Å². The quantitative estimate of drug-likeness (QED) is 0.0862. The Morgan fingerprint density at radius 3 is 1.82 bits per heavy atom. The number of aryl methyl sites for hydroxylation is 1. The summed E-state index contributed by atoms with van der Waals surface area (Å²) in [6, 6.07) is 6.19. The van der Waals surface area contributed by atoms with Crippen LogP contribution < -0.4 is 4.83 Å². The van der Waals surface area contributed by atoms with Gasteiger partial charge in [0.1, 0.15) is 5.25 Å². The highest BCUT2D eigenvalue weighted by atomic mass is 32.2. The van der Waals surface area contributed by atoms with Gasteiger partial charge >= 0.3 is 0 Å². The fraction of sp³-hybridized carbons (Fsp3) is 0.692. The van der Waals surface area contributed by atoms with E-state index in [1.807, 2.05) is 6.92 Å². The number of unbranched alkanes of at least 4 members (excludes halogenated alkanes) is 13. The molecule has 2 aromatic rings. The highest BCUT2D eigenvalue weighted by Crippen LogP contribution is 2.27. The molecule has 0 saturated carbocycles. The number of nitrogens with one attached hydrogen (secondary N) is 2. The Labute approximate surface area is 233 Å². The van der Waals surface area contributed by atoms with Gasteiger partial charge in [0, 0.05) is 0 Å². The summed E-state index contributed by atoms with van der Waals surface area (Å²) in [7, 11) is -8.62. The van der Waals surface area contributed by atoms with Crippen molar-refractivity contribution >= 4 is 32.4 Å². The summed E-state index contributed by atoms with van der Waals surface area (Å²) in [5.41, 5.74) is 0.893. The number of hydrogen-bond acceptors (Lipinski definition) is 6. The van der Waals surface area contributed by atoms with Crippen LogP contribution >= 0.6 is 12.2 Å². The van der Waals surface area contributed by atoms with Crippen molar-refractivity contribution in [2.24, 2.45) is 0 Å². The number of benzene rings is 1. The zero-order valence-corrected chi connectivity index (χ0v) is 25.1. The molecule has 0 fully saturated rings. The Balaban J connectivity index is 1.83. The highest BCUT2D eigenvalue weighted by molar-refractivity contribution is 7.92. The van der Waals surface area contributed by atoms with Crippen molar-refractivity contribution < 1.29 is 21.4 Å². The first-order chi connectivity index (χ1) is 18.1. The minimum Gasteiger partial charge on any atom is -0.285 e. The van der Waals surface area contributed by atoms with Gasteiger partial charge in [-0.05, 0) is 37.7 Å². The minimum atomic E-state index is -4.56. The SMILES string of the molecule is CCCCCCCCCCCCCCCCC(c1n[nH]c(=S)n1NS(=O)(=O)c1ccc(C)cc1)S(=O)(=O)O. The molecule has 216 valence electrons. The average molecular weight is 589 g/mol. The molecule has 2 rings (SSSR count). The maximum Gasteiger partial charge on any atom is 0.275 e. The molecule has 1 heterocycles. The van der Waals surface area contributed by atoms with E-state index in [2.05, 4.69) is 22.0 Å². The lowest BCUT2D eigenvalue weighted by Gasteiger charge is -2.16. The van der Waals surface area contributed by atoms with Gasteiger partial charge in [0.2, 0.25) is 4.77 Å². The first-order valence-electron chi connectivity index (χ1n) is 13.8. The van der Waals surface area contributed by atoms with Gasteiger partial charge in [0.15, 0.2) is 5.82 Å². The van der Waals surface area contributed by atoms with Crippen molar-refractivity contribution in [3.63, 3.8) is 0 Å². The second-order valence-corrected chi connectivity index (χ2v) is 13.7. The van der Waals surface area contributed by atoms with Gasteiger partial charge in [-0.25, -0.2) is 9.51 Å². The molecule has 1 aromatic heterocycles. The molecule has 0 spiro atoms. The van der Waals surface area contributed by atoms with Crippen LogP contribution in [-0.2, 0) is 20.1 Å². The third kappa shape index (κ3) is 11.2. The topological polar surface area (TPSA) is 134 Å². The predicted octanol–water partition coefficient (Wildman–Crippen LogP) is 6.98. The van der Waals surface area contributed by atoms with Crippen molar-refractivity contribution in [1.29, 1.82) is 0 Å². The van der Waals surface area contributed by atoms with E-state index in [9.17, 15) is 21.4 Å². The predicted molar refractivity (Wildman–Crippen MR) is 154 cm³/mol. The number of nitrogens with zero attached hydrogens (tertiary/aromatic N) is 2. The van der Waals surface area contributed by atoms with Gasteiger partial charge < -0.3 is 0 Å². The minimum absolute atomic E-state index is 0.00692. The third-order valence-corrected chi connectivity index (χ3v) is 9.46. The molecule has 12 heteroatoms. The largest absolute Gasteiger partial charge is 0.285 e. The van der Waals surface area contributed by atoms with E-state index in [0.717, 1.165) is 35.9 Å². The zero-order chi connectivity index (χ0) is 28.0. The fourth-order valence-electron chi connectivity index (χ4n) is 4.44. The standard InChI is InChI=1S/C26H44N4O5S3/c1-3-4-5-6-7-8-9-10-11-12-13-14-15-16-17-24(38(33,34)35)25-27-28-26(36)30(25)29-37(31,32)23-20-18-22(2)19-21-23/h18-21,24,29H,3-17H2,1-2H3,(H,28,36)(H,33,34,35). The molecule has 9 nitrogen and oxygen atoms in total. The third-order valence-electron chi connectivity index (χ3n) is 6.71. The lowest BCUT2D eigenvalue weighted by Crippen LogP contribution is -2.28. The van der Waals surface area contributed by atoms with Crippen LogP contribution in [-0.4, -0.2) is 36.3 Å². The van der Waals surface area contributed by atoms with Crippen molar-refractivity contribution in [2.45, 2.75) is 120 Å². The molecule has 0 amide bonds. The van der Waals surface area contributed by atoms with E-state index in [4.69, 9.17) is 12.2 Å². The summed E-state index contributed by atoms with van der Waals surface area (Å²) in [4.78, 5) is 2.28. The Morgan fingerprint density at radius 1 is 0.868 bits per heavy atom. The molecule has 0 bridgehead atoms. The van der Waals surface area contributed by atoms with Crippen LogP contribution in [0.25, 0.3) is 0 Å². The number of aromatic nitrogens is 3. The number of hydrogen-bond donors (Lipinski definition) is 3. The number of sulfonamides is 1. The van der Waals surface area contributed by atoms with Gasteiger partial charge in [0.25, 0.3) is 20.1 Å². The molecule has 0 aliphatic rings. The summed E-state index contributed by atoms with van der Waals surface area (Å²) in [6.45, 7) is 4.07. The normalized spacial score (nSPS) is 13.0. The van der Waals surface area contributed by atoms with Crippen molar-refractivity contribution in [3.05, 3.63) is 40.4 Å². The van der Waals surface area contributed by atoms with Gasteiger partial charge in [-0.2, -0.15) is 21.9 Å². The maximum atomic E-state index is 12.9. The van der Waals surface area contributed by atoms with E-state index in [1.54, 1.807) is 12.1 Å². The molecule has 38 heavy (non-hydrogen) atoms. The monoisotopic (exact) mass is 588 g/mol. The number of aromatic amines is 1. The lowest BCUT2D eigenvalue weighted by molar-refractivity contribution is 0.452. The lowest BCUT2D eigenvalue weighted by atomic mass is 10.0. The first kappa shape index (κ1) is 32.5. The molecule has 0 aliphatic carbocycles. The van der Waals surface area contributed by atoms with Crippen LogP contribution in [0, 0.1) is 11.7 Å². The van der Waals surface area contributed by atoms with Gasteiger partial charge in [-0.15, -0.1) is 0 Å². The summed E-state index contributed by atoms with van der Waals surface area (Å²) in [5.74, 6) is -0.192. The summed E-state index contributed by atoms with van der Waals surface area (Å²) >= 11 is 5.14. The Morgan fingerprint density at radius 2 is 1.34 bits per heavy atom. The summed E-state index contributed by atoms with van der Waals surface area (Å²) in [6.07, 6.45) is 16.4. The Kier molecular flexibility index (Phi) is 14.0.